The number of aliphatic imine (C=N–C) groups is 1. The Hall–Kier alpha value is 0.150. The quantitative estimate of drug-likeness (QED) is 0.325. The SMILES string of the molecule is S=C=NCCS. The van der Waals surface area contributed by atoms with Crippen molar-refractivity contribution < 1.29 is 0 Å². The van der Waals surface area contributed by atoms with E-state index < -0.39 is 0 Å². The van der Waals surface area contributed by atoms with E-state index in [9.17, 15) is 0 Å². The van der Waals surface area contributed by atoms with Gasteiger partial charge in [-0.1, -0.05) is 0 Å². The highest BCUT2D eigenvalue weighted by atomic mass is 32.1. The summed E-state index contributed by atoms with van der Waals surface area (Å²) in [5.74, 6) is 0.754. The highest BCUT2D eigenvalue weighted by Gasteiger charge is 1.65. The Morgan fingerprint density at radius 3 is 2.67 bits per heavy atom. The Kier molecular flexibility index (Phi) is 5.28. The molecule has 0 N–H and O–H groups in total. The molecule has 1 nitrogen and oxygen atoms in total. The zero-order valence-electron chi connectivity index (χ0n) is 3.22. The minimum atomic E-state index is 0.687. The summed E-state index contributed by atoms with van der Waals surface area (Å²) < 4.78 is 0. The lowest BCUT2D eigenvalue weighted by atomic mass is 10.8. The molecule has 0 atom stereocenters. The number of isothiocyanates is 1. The molecule has 0 aliphatic rings. The van der Waals surface area contributed by atoms with Gasteiger partial charge >= 0.3 is 0 Å². The zero-order valence-corrected chi connectivity index (χ0v) is 4.93. The maximum absolute atomic E-state index is 4.27. The summed E-state index contributed by atoms with van der Waals surface area (Å²) in [6.07, 6.45) is 0. The topological polar surface area (TPSA) is 12.4 Å². The third-order valence-corrected chi connectivity index (χ3v) is 0.605. The van der Waals surface area contributed by atoms with Crippen molar-refractivity contribution >= 4 is 30.0 Å². The molecule has 0 bridgehead atoms. The van der Waals surface area contributed by atoms with Crippen LogP contribution >= 0.6 is 24.8 Å². The maximum Gasteiger partial charge on any atom is 0.0585 e. The molecule has 0 spiro atoms. The van der Waals surface area contributed by atoms with Gasteiger partial charge in [0.1, 0.15) is 0 Å². The highest BCUT2D eigenvalue weighted by Crippen LogP contribution is 1.70. The fourth-order valence-electron chi connectivity index (χ4n) is 0.0956. The van der Waals surface area contributed by atoms with E-state index in [1.54, 1.807) is 0 Å². The first kappa shape index (κ1) is 6.15. The third-order valence-electron chi connectivity index (χ3n) is 0.276. The van der Waals surface area contributed by atoms with E-state index in [1.165, 1.54) is 0 Å². The molecule has 0 aromatic carbocycles. The smallest absolute Gasteiger partial charge is 0.0585 e. The number of hydrogen-bond acceptors (Lipinski definition) is 3. The van der Waals surface area contributed by atoms with Crippen LogP contribution in [0.25, 0.3) is 0 Å². The van der Waals surface area contributed by atoms with Gasteiger partial charge in [-0.05, 0) is 12.2 Å². The van der Waals surface area contributed by atoms with Crippen LogP contribution in [0.3, 0.4) is 0 Å². The van der Waals surface area contributed by atoms with Crippen molar-refractivity contribution in [3.8, 4) is 0 Å². The molecule has 0 aliphatic heterocycles. The highest BCUT2D eigenvalue weighted by molar-refractivity contribution is 7.80. The predicted molar refractivity (Wildman–Crippen MR) is 33.7 cm³/mol. The first-order chi connectivity index (χ1) is 2.91. The van der Waals surface area contributed by atoms with Gasteiger partial charge in [-0.2, -0.15) is 12.6 Å². The Morgan fingerprint density at radius 1 is 1.83 bits per heavy atom. The minimum absolute atomic E-state index is 0.687. The molecule has 0 unspecified atom stereocenters. The molecule has 0 rings (SSSR count). The van der Waals surface area contributed by atoms with Crippen molar-refractivity contribution in [2.24, 2.45) is 4.99 Å². The Bertz CT molecular complexity index is 65.2. The number of thiocarbonyl (C=S) groups is 1. The van der Waals surface area contributed by atoms with Crippen LogP contribution in [-0.4, -0.2) is 17.5 Å². The predicted octanol–water partition coefficient (Wildman–Crippen LogP) is 1.02. The van der Waals surface area contributed by atoms with Crippen LogP contribution in [0, 0.1) is 0 Å². The summed E-state index contributed by atoms with van der Waals surface area (Å²) in [5, 5.41) is 2.23. The summed E-state index contributed by atoms with van der Waals surface area (Å²) in [7, 11) is 0. The lowest BCUT2D eigenvalue weighted by Crippen LogP contribution is -1.74. The second kappa shape index (κ2) is 5.15. The van der Waals surface area contributed by atoms with Crippen LogP contribution in [0.15, 0.2) is 4.99 Å². The summed E-state index contributed by atoms with van der Waals surface area (Å²) in [6, 6.07) is 0. The molecule has 6 heavy (non-hydrogen) atoms. The van der Waals surface area contributed by atoms with E-state index in [0.717, 1.165) is 5.75 Å². The summed E-state index contributed by atoms with van der Waals surface area (Å²) in [5.41, 5.74) is 0. The van der Waals surface area contributed by atoms with Crippen LogP contribution in [0.1, 0.15) is 0 Å². The molecule has 0 heterocycles. The first-order valence-corrected chi connectivity index (χ1v) is 2.60. The average molecular weight is 119 g/mol. The summed E-state index contributed by atoms with van der Waals surface area (Å²) in [6.45, 7) is 0.687. The Labute approximate surface area is 47.9 Å². The fraction of sp³-hybridized carbons (Fsp3) is 0.667. The van der Waals surface area contributed by atoms with Gasteiger partial charge in [-0.15, -0.1) is 0 Å². The van der Waals surface area contributed by atoms with Gasteiger partial charge in [0, 0.05) is 5.75 Å². The second-order valence-corrected chi connectivity index (χ2v) is 1.33. The normalized spacial score (nSPS) is 6.83. The molecule has 0 aromatic heterocycles. The Morgan fingerprint density at radius 2 is 2.50 bits per heavy atom. The second-order valence-electron chi connectivity index (χ2n) is 0.697. The van der Waals surface area contributed by atoms with Crippen LogP contribution < -0.4 is 0 Å². The van der Waals surface area contributed by atoms with E-state index in [4.69, 9.17) is 0 Å². The number of rotatable bonds is 2. The van der Waals surface area contributed by atoms with E-state index in [0.29, 0.717) is 6.54 Å². The minimum Gasteiger partial charge on any atom is -0.232 e. The number of hydrogen-bond donors (Lipinski definition) is 1. The summed E-state index contributed by atoms with van der Waals surface area (Å²) in [4.78, 5) is 3.58. The van der Waals surface area contributed by atoms with Gasteiger partial charge in [0.15, 0.2) is 0 Å². The lowest BCUT2D eigenvalue weighted by molar-refractivity contribution is 1.17. The van der Waals surface area contributed by atoms with Crippen molar-refractivity contribution in [3.05, 3.63) is 0 Å². The van der Waals surface area contributed by atoms with Gasteiger partial charge in [-0.3, -0.25) is 0 Å². The first-order valence-electron chi connectivity index (χ1n) is 1.56. The van der Waals surface area contributed by atoms with Gasteiger partial charge in [0.2, 0.25) is 0 Å². The molecule has 0 fully saturated rings. The van der Waals surface area contributed by atoms with Crippen molar-refractivity contribution in [2.45, 2.75) is 0 Å². The molecule has 3 heteroatoms. The van der Waals surface area contributed by atoms with Gasteiger partial charge in [-0.25, -0.2) is 4.99 Å². The molecule has 0 radical (unpaired) electrons. The van der Waals surface area contributed by atoms with E-state index in [2.05, 4.69) is 35.0 Å². The number of thiol groups is 1. The molecular formula is C3H5NS2. The third kappa shape index (κ3) is 4.15. The Balaban J connectivity index is 2.86. The van der Waals surface area contributed by atoms with Crippen molar-refractivity contribution in [3.63, 3.8) is 0 Å². The molecule has 0 amide bonds. The van der Waals surface area contributed by atoms with Crippen LogP contribution in [0.5, 0.6) is 0 Å². The summed E-state index contributed by atoms with van der Waals surface area (Å²) >= 11 is 8.14. The van der Waals surface area contributed by atoms with Gasteiger partial charge in [0.25, 0.3) is 0 Å². The zero-order chi connectivity index (χ0) is 4.83. The van der Waals surface area contributed by atoms with Crippen LogP contribution in [0.4, 0.5) is 0 Å². The molecule has 0 saturated heterocycles. The van der Waals surface area contributed by atoms with Crippen molar-refractivity contribution in [1.29, 1.82) is 0 Å². The average Bonchev–Trinajstić information content (AvgIpc) is 1.61. The maximum atomic E-state index is 4.27. The largest absolute Gasteiger partial charge is 0.232 e. The monoisotopic (exact) mass is 119 g/mol. The molecule has 0 aliphatic carbocycles. The van der Waals surface area contributed by atoms with Crippen molar-refractivity contribution in [1.82, 2.24) is 0 Å². The lowest BCUT2D eigenvalue weighted by Gasteiger charge is -1.72. The molecular weight excluding hydrogens is 114 g/mol. The van der Waals surface area contributed by atoms with Crippen LogP contribution in [-0.2, 0) is 0 Å². The van der Waals surface area contributed by atoms with E-state index in [1.807, 2.05) is 0 Å². The standard InChI is InChI=1S/C3H5NS2/c5-2-1-4-3-6/h5H,1-2H2. The van der Waals surface area contributed by atoms with Gasteiger partial charge in [0.05, 0.1) is 11.7 Å². The number of nitrogens with zero attached hydrogens (tertiary/aromatic N) is 1. The van der Waals surface area contributed by atoms with Gasteiger partial charge < -0.3 is 0 Å². The van der Waals surface area contributed by atoms with E-state index in [-0.39, 0.29) is 0 Å². The molecule has 0 aromatic rings. The van der Waals surface area contributed by atoms with Crippen LogP contribution in [0.2, 0.25) is 0 Å². The van der Waals surface area contributed by atoms with E-state index >= 15 is 0 Å². The van der Waals surface area contributed by atoms with Crippen molar-refractivity contribution in [2.75, 3.05) is 12.3 Å². The molecule has 0 saturated carbocycles. The molecule has 34 valence electrons. The fourth-order valence-corrected chi connectivity index (χ4v) is 0.287.